The molecule has 1 heterocycles. The summed E-state index contributed by atoms with van der Waals surface area (Å²) >= 11 is 6.71. The van der Waals surface area contributed by atoms with Crippen molar-refractivity contribution in [3.63, 3.8) is 0 Å². The Balaban J connectivity index is 2.18. The van der Waals surface area contributed by atoms with Gasteiger partial charge in [0.25, 0.3) is 0 Å². The van der Waals surface area contributed by atoms with Gasteiger partial charge in [-0.15, -0.1) is 10.2 Å². The zero-order valence-electron chi connectivity index (χ0n) is 11.6. The third kappa shape index (κ3) is 3.94. The van der Waals surface area contributed by atoms with E-state index in [4.69, 9.17) is 5.73 Å². The second-order valence-corrected chi connectivity index (χ2v) is 7.95. The first-order chi connectivity index (χ1) is 9.47. The van der Waals surface area contributed by atoms with E-state index in [0.717, 1.165) is 13.9 Å². The molecule has 1 aromatic carbocycles. The molecule has 2 N–H and O–H groups in total. The zero-order chi connectivity index (χ0) is 14.7. The highest BCUT2D eigenvalue weighted by molar-refractivity contribution is 9.10. The fraction of sp³-hybridized carbons (Fsp3) is 0.385. The first-order valence-electron chi connectivity index (χ1n) is 6.16. The van der Waals surface area contributed by atoms with Gasteiger partial charge in [-0.05, 0) is 24.6 Å². The minimum Gasteiger partial charge on any atom is -0.353 e. The Hall–Kier alpha value is -0.630. The molecule has 0 saturated heterocycles. The summed E-state index contributed by atoms with van der Waals surface area (Å²) < 4.78 is 2.01. The van der Waals surface area contributed by atoms with Crippen LogP contribution in [0.5, 0.6) is 0 Å². The van der Waals surface area contributed by atoms with E-state index < -0.39 is 0 Å². The Morgan fingerprint density at radius 1 is 1.25 bits per heavy atom. The van der Waals surface area contributed by atoms with E-state index in [1.807, 2.05) is 38.1 Å². The lowest BCUT2D eigenvalue weighted by Crippen LogP contribution is -2.22. The molecule has 2 unspecified atom stereocenters. The minimum absolute atomic E-state index is 0.0351. The molecule has 0 aliphatic rings. The van der Waals surface area contributed by atoms with Crippen molar-refractivity contribution in [1.82, 2.24) is 10.2 Å². The summed E-state index contributed by atoms with van der Waals surface area (Å²) in [5.41, 5.74) is 7.34. The highest BCUT2D eigenvalue weighted by Crippen LogP contribution is 2.39. The van der Waals surface area contributed by atoms with Gasteiger partial charge in [0.2, 0.25) is 5.13 Å². The Labute approximate surface area is 135 Å². The predicted molar refractivity (Wildman–Crippen MR) is 90.6 cm³/mol. The number of hydrogen-bond acceptors (Lipinski definition) is 6. The molecule has 2 rings (SSSR count). The van der Waals surface area contributed by atoms with Gasteiger partial charge in [-0.2, -0.15) is 0 Å². The maximum Gasteiger partial charge on any atom is 0.208 e. The second-order valence-electron chi connectivity index (χ2n) is 4.69. The molecule has 0 spiro atoms. The number of thioether (sulfide) groups is 1. The van der Waals surface area contributed by atoms with Crippen LogP contribution >= 0.6 is 39.0 Å². The second kappa shape index (κ2) is 6.89. The van der Waals surface area contributed by atoms with Crippen LogP contribution in [0.4, 0.5) is 5.13 Å². The van der Waals surface area contributed by atoms with Crippen molar-refractivity contribution in [2.24, 2.45) is 5.73 Å². The third-order valence-electron chi connectivity index (χ3n) is 2.68. The van der Waals surface area contributed by atoms with E-state index >= 15 is 0 Å². The first-order valence-corrected chi connectivity index (χ1v) is 8.65. The van der Waals surface area contributed by atoms with Crippen LogP contribution in [0.2, 0.25) is 0 Å². The standard InChI is InChI=1S/C13H17BrN4S2/c1-8(15)11(9-4-6-10(14)7-5-9)19-13-17-16-12(20-13)18(2)3/h4-8,11H,15H2,1-3H3. The molecule has 0 saturated carbocycles. The lowest BCUT2D eigenvalue weighted by Gasteiger charge is -2.19. The maximum absolute atomic E-state index is 6.13. The number of halogens is 1. The Kier molecular flexibility index (Phi) is 5.42. The van der Waals surface area contributed by atoms with Crippen molar-refractivity contribution >= 4 is 44.2 Å². The molecule has 0 bridgehead atoms. The fourth-order valence-electron chi connectivity index (χ4n) is 1.67. The van der Waals surface area contributed by atoms with E-state index in [1.165, 1.54) is 5.56 Å². The van der Waals surface area contributed by atoms with Gasteiger partial charge in [0.05, 0.1) is 5.25 Å². The minimum atomic E-state index is 0.0351. The van der Waals surface area contributed by atoms with Crippen molar-refractivity contribution in [3.8, 4) is 0 Å². The van der Waals surface area contributed by atoms with Gasteiger partial charge in [-0.1, -0.05) is 51.2 Å². The predicted octanol–water partition coefficient (Wildman–Crippen LogP) is 3.55. The first kappa shape index (κ1) is 15.8. The van der Waals surface area contributed by atoms with Crippen LogP contribution in [-0.2, 0) is 0 Å². The van der Waals surface area contributed by atoms with Crippen LogP contribution in [-0.4, -0.2) is 30.3 Å². The van der Waals surface area contributed by atoms with Gasteiger partial charge in [0, 0.05) is 24.6 Å². The van der Waals surface area contributed by atoms with Crippen molar-refractivity contribution in [2.75, 3.05) is 19.0 Å². The average molecular weight is 373 g/mol. The largest absolute Gasteiger partial charge is 0.353 e. The topological polar surface area (TPSA) is 55.0 Å². The Morgan fingerprint density at radius 3 is 2.40 bits per heavy atom. The molecule has 108 valence electrons. The van der Waals surface area contributed by atoms with E-state index in [2.05, 4.69) is 38.3 Å². The summed E-state index contributed by atoms with van der Waals surface area (Å²) in [7, 11) is 3.93. The third-order valence-corrected chi connectivity index (χ3v) is 5.87. The van der Waals surface area contributed by atoms with E-state index in [9.17, 15) is 0 Å². The lowest BCUT2D eigenvalue weighted by molar-refractivity contribution is 0.720. The number of benzene rings is 1. The molecule has 0 aliphatic carbocycles. The molecule has 2 aromatic rings. The summed E-state index contributed by atoms with van der Waals surface area (Å²) in [4.78, 5) is 1.96. The Morgan fingerprint density at radius 2 is 1.90 bits per heavy atom. The fourth-order valence-corrected chi connectivity index (χ4v) is 3.98. The normalized spacial score (nSPS) is 14.1. The summed E-state index contributed by atoms with van der Waals surface area (Å²) in [6.07, 6.45) is 0. The summed E-state index contributed by atoms with van der Waals surface area (Å²) in [6, 6.07) is 8.30. The SMILES string of the molecule is CC(N)C(Sc1nnc(N(C)C)s1)c1ccc(Br)cc1. The lowest BCUT2D eigenvalue weighted by atomic mass is 10.1. The smallest absolute Gasteiger partial charge is 0.208 e. The number of anilines is 1. The Bertz CT molecular complexity index is 554. The van der Waals surface area contributed by atoms with Gasteiger partial charge >= 0.3 is 0 Å². The highest BCUT2D eigenvalue weighted by Gasteiger charge is 2.20. The van der Waals surface area contributed by atoms with Crippen LogP contribution in [0.3, 0.4) is 0 Å². The molecule has 20 heavy (non-hydrogen) atoms. The quantitative estimate of drug-likeness (QED) is 0.813. The van der Waals surface area contributed by atoms with Crippen molar-refractivity contribution < 1.29 is 0 Å². The van der Waals surface area contributed by atoms with Gasteiger partial charge in [-0.3, -0.25) is 0 Å². The molecule has 1 aromatic heterocycles. The molecule has 0 fully saturated rings. The summed E-state index contributed by atoms with van der Waals surface area (Å²) in [5.74, 6) is 0. The zero-order valence-corrected chi connectivity index (χ0v) is 14.8. The number of hydrogen-bond donors (Lipinski definition) is 1. The van der Waals surface area contributed by atoms with Gasteiger partial charge in [-0.25, -0.2) is 0 Å². The molecular formula is C13H17BrN4S2. The maximum atomic E-state index is 6.13. The molecule has 0 radical (unpaired) electrons. The number of aromatic nitrogens is 2. The summed E-state index contributed by atoms with van der Waals surface area (Å²) in [5, 5.41) is 9.47. The number of nitrogens with zero attached hydrogens (tertiary/aromatic N) is 3. The number of nitrogens with two attached hydrogens (primary N) is 1. The van der Waals surface area contributed by atoms with E-state index in [-0.39, 0.29) is 11.3 Å². The van der Waals surface area contributed by atoms with Crippen LogP contribution in [0.1, 0.15) is 17.7 Å². The molecule has 2 atom stereocenters. The number of rotatable bonds is 5. The molecule has 4 nitrogen and oxygen atoms in total. The van der Waals surface area contributed by atoms with Crippen LogP contribution in [0, 0.1) is 0 Å². The van der Waals surface area contributed by atoms with E-state index in [0.29, 0.717) is 0 Å². The van der Waals surface area contributed by atoms with Crippen molar-refractivity contribution in [2.45, 2.75) is 22.6 Å². The van der Waals surface area contributed by atoms with Gasteiger partial charge in [0.1, 0.15) is 0 Å². The van der Waals surface area contributed by atoms with Crippen molar-refractivity contribution in [1.29, 1.82) is 0 Å². The van der Waals surface area contributed by atoms with E-state index in [1.54, 1.807) is 23.1 Å². The van der Waals surface area contributed by atoms with Gasteiger partial charge < -0.3 is 10.6 Å². The monoisotopic (exact) mass is 372 g/mol. The molecule has 0 amide bonds. The van der Waals surface area contributed by atoms with Crippen LogP contribution < -0.4 is 10.6 Å². The van der Waals surface area contributed by atoms with Gasteiger partial charge in [0.15, 0.2) is 4.34 Å². The highest BCUT2D eigenvalue weighted by atomic mass is 79.9. The van der Waals surface area contributed by atoms with Crippen LogP contribution in [0.25, 0.3) is 0 Å². The molecular weight excluding hydrogens is 356 g/mol. The van der Waals surface area contributed by atoms with Crippen molar-refractivity contribution in [3.05, 3.63) is 34.3 Å². The average Bonchev–Trinajstić information content (AvgIpc) is 2.86. The molecule has 0 aliphatic heterocycles. The van der Waals surface area contributed by atoms with Crippen LogP contribution in [0.15, 0.2) is 33.1 Å². The molecule has 7 heteroatoms. The summed E-state index contributed by atoms with van der Waals surface area (Å²) in [6.45, 7) is 2.02.